The molecule has 3 rings (SSSR count). The van der Waals surface area contributed by atoms with Gasteiger partial charge in [0.1, 0.15) is 13.2 Å². The van der Waals surface area contributed by atoms with Crippen molar-refractivity contribution in [3.05, 3.63) is 107 Å². The van der Waals surface area contributed by atoms with Crippen molar-refractivity contribution >= 4 is 18.2 Å². The quantitative estimate of drug-likeness (QED) is 0.285. The van der Waals surface area contributed by atoms with Crippen molar-refractivity contribution in [3.63, 3.8) is 0 Å². The first-order valence-electron chi connectivity index (χ1n) is 10.6. The number of ether oxygens (including phenoxy) is 3. The van der Waals surface area contributed by atoms with E-state index in [2.05, 4.69) is 0 Å². The fourth-order valence-electron chi connectivity index (χ4n) is 3.04. The Hall–Kier alpha value is -4.33. The van der Waals surface area contributed by atoms with Crippen molar-refractivity contribution in [3.8, 4) is 0 Å². The highest BCUT2D eigenvalue weighted by molar-refractivity contribution is 5.89. The minimum Gasteiger partial charge on any atom is -0.465 e. The molecule has 0 heterocycles. The van der Waals surface area contributed by atoms with Crippen LogP contribution in [0.5, 0.6) is 0 Å². The van der Waals surface area contributed by atoms with Crippen LogP contribution in [-0.2, 0) is 34.0 Å². The third kappa shape index (κ3) is 6.83. The van der Waals surface area contributed by atoms with Gasteiger partial charge in [0.05, 0.1) is 19.2 Å². The Bertz CT molecular complexity index is 1090. The van der Waals surface area contributed by atoms with E-state index < -0.39 is 18.2 Å². The predicted molar refractivity (Wildman–Crippen MR) is 124 cm³/mol. The third-order valence-corrected chi connectivity index (χ3v) is 4.95. The molecule has 8 nitrogen and oxygen atoms in total. The Kier molecular flexibility index (Phi) is 8.62. The third-order valence-electron chi connectivity index (χ3n) is 4.95. The van der Waals surface area contributed by atoms with Gasteiger partial charge in [-0.1, -0.05) is 72.8 Å². The van der Waals surface area contributed by atoms with Gasteiger partial charge in [0.2, 0.25) is 0 Å². The molecule has 8 heteroatoms. The molecular formula is C26H26N2O6. The molecule has 0 saturated heterocycles. The van der Waals surface area contributed by atoms with E-state index in [1.807, 2.05) is 60.7 Å². The molecule has 2 amide bonds. The highest BCUT2D eigenvalue weighted by Gasteiger charge is 2.26. The zero-order valence-electron chi connectivity index (χ0n) is 19.0. The van der Waals surface area contributed by atoms with Gasteiger partial charge < -0.3 is 14.2 Å². The van der Waals surface area contributed by atoms with Crippen LogP contribution in [0.2, 0.25) is 0 Å². The summed E-state index contributed by atoms with van der Waals surface area (Å²) < 4.78 is 15.5. The van der Waals surface area contributed by atoms with Crippen LogP contribution in [0.4, 0.5) is 9.59 Å². The first-order valence-corrected chi connectivity index (χ1v) is 10.6. The molecule has 176 valence electrons. The lowest BCUT2D eigenvalue weighted by atomic mass is 10.1. The lowest BCUT2D eigenvalue weighted by Crippen LogP contribution is -2.47. The molecule has 0 N–H and O–H groups in total. The number of carbonyl (C=O) groups is 3. The van der Waals surface area contributed by atoms with Gasteiger partial charge in [0, 0.05) is 7.05 Å². The van der Waals surface area contributed by atoms with Crippen LogP contribution >= 0.6 is 0 Å². The molecule has 0 atom stereocenters. The number of rotatable bonds is 7. The summed E-state index contributed by atoms with van der Waals surface area (Å²) >= 11 is 0. The summed E-state index contributed by atoms with van der Waals surface area (Å²) in [5.74, 6) is -0.465. The molecule has 0 bridgehead atoms. The molecule has 0 aliphatic carbocycles. The Morgan fingerprint density at radius 1 is 0.676 bits per heavy atom. The summed E-state index contributed by atoms with van der Waals surface area (Å²) in [6, 6.07) is 25.0. The summed E-state index contributed by atoms with van der Waals surface area (Å²) in [6.07, 6.45) is -1.44. The molecule has 3 aromatic carbocycles. The number of methoxy groups -OCH3 is 1. The number of hydrogen-bond donors (Lipinski definition) is 0. The Morgan fingerprint density at radius 3 is 1.68 bits per heavy atom. The van der Waals surface area contributed by atoms with Crippen LogP contribution in [0, 0.1) is 0 Å². The Balaban J connectivity index is 1.72. The zero-order chi connectivity index (χ0) is 24.3. The van der Waals surface area contributed by atoms with Gasteiger partial charge >= 0.3 is 18.2 Å². The molecule has 0 aromatic heterocycles. The predicted octanol–water partition coefficient (Wildman–Crippen LogP) is 4.80. The minimum atomic E-state index is -0.722. The molecule has 0 aliphatic heterocycles. The maximum atomic E-state index is 12.9. The second-order valence-electron chi connectivity index (χ2n) is 7.35. The van der Waals surface area contributed by atoms with E-state index in [1.165, 1.54) is 14.2 Å². The average molecular weight is 463 g/mol. The molecule has 3 aromatic rings. The van der Waals surface area contributed by atoms with Crippen molar-refractivity contribution in [2.24, 2.45) is 0 Å². The minimum absolute atomic E-state index is 0.0199. The van der Waals surface area contributed by atoms with Gasteiger partial charge in [0.15, 0.2) is 0 Å². The van der Waals surface area contributed by atoms with E-state index >= 15 is 0 Å². The first kappa shape index (κ1) is 24.3. The fraction of sp³-hybridized carbons (Fsp3) is 0.192. The van der Waals surface area contributed by atoms with E-state index in [0.717, 1.165) is 21.1 Å². The second-order valence-corrected chi connectivity index (χ2v) is 7.35. The van der Waals surface area contributed by atoms with Crippen molar-refractivity contribution in [1.82, 2.24) is 10.0 Å². The zero-order valence-corrected chi connectivity index (χ0v) is 19.0. The van der Waals surface area contributed by atoms with Crippen molar-refractivity contribution < 1.29 is 28.6 Å². The number of benzene rings is 3. The number of esters is 1. The summed E-state index contributed by atoms with van der Waals surface area (Å²) in [7, 11) is 2.73. The standard InChI is InChI=1S/C26H26N2O6/c1-27(25(30)33-18-21-9-5-3-6-10-21)28(26(31)34-19-22-11-7-4-8-12-22)17-20-13-15-23(16-14-20)24(29)32-2/h3-16H,17-19H2,1-2H3. The number of amides is 2. The van der Waals surface area contributed by atoms with Crippen molar-refractivity contribution in [1.29, 1.82) is 0 Å². The molecule has 0 aliphatic rings. The first-order chi connectivity index (χ1) is 16.5. The van der Waals surface area contributed by atoms with Gasteiger partial charge in [-0.3, -0.25) is 0 Å². The number of hydrazine groups is 1. The lowest BCUT2D eigenvalue weighted by Gasteiger charge is -2.30. The largest absolute Gasteiger partial charge is 0.465 e. The molecule has 0 unspecified atom stereocenters. The molecular weight excluding hydrogens is 436 g/mol. The topological polar surface area (TPSA) is 85.4 Å². The van der Waals surface area contributed by atoms with Gasteiger partial charge in [-0.05, 0) is 28.8 Å². The van der Waals surface area contributed by atoms with E-state index in [1.54, 1.807) is 24.3 Å². The Labute approximate surface area is 198 Å². The fourth-order valence-corrected chi connectivity index (χ4v) is 3.04. The van der Waals surface area contributed by atoms with E-state index in [0.29, 0.717) is 11.1 Å². The van der Waals surface area contributed by atoms with E-state index in [4.69, 9.17) is 14.2 Å². The molecule has 34 heavy (non-hydrogen) atoms. The molecule has 0 spiro atoms. The maximum Gasteiger partial charge on any atom is 0.429 e. The number of hydrogen-bond acceptors (Lipinski definition) is 6. The lowest BCUT2D eigenvalue weighted by molar-refractivity contribution is -0.0167. The summed E-state index contributed by atoms with van der Waals surface area (Å²) in [4.78, 5) is 37.3. The van der Waals surface area contributed by atoms with Gasteiger partial charge in [0.25, 0.3) is 0 Å². The van der Waals surface area contributed by atoms with Crippen LogP contribution < -0.4 is 0 Å². The van der Waals surface area contributed by atoms with Crippen LogP contribution in [0.3, 0.4) is 0 Å². The molecule has 0 fully saturated rings. The van der Waals surface area contributed by atoms with Crippen LogP contribution in [-0.4, -0.2) is 42.3 Å². The van der Waals surface area contributed by atoms with Gasteiger partial charge in [-0.25, -0.2) is 24.4 Å². The van der Waals surface area contributed by atoms with Crippen molar-refractivity contribution in [2.45, 2.75) is 19.8 Å². The summed E-state index contributed by atoms with van der Waals surface area (Å²) in [6.45, 7) is 0.126. The number of nitrogens with zero attached hydrogens (tertiary/aromatic N) is 2. The highest BCUT2D eigenvalue weighted by atomic mass is 16.6. The van der Waals surface area contributed by atoms with Gasteiger partial charge in [-0.2, -0.15) is 0 Å². The highest BCUT2D eigenvalue weighted by Crippen LogP contribution is 2.14. The maximum absolute atomic E-state index is 12.9. The average Bonchev–Trinajstić information content (AvgIpc) is 2.89. The van der Waals surface area contributed by atoms with Gasteiger partial charge in [-0.15, -0.1) is 0 Å². The van der Waals surface area contributed by atoms with Crippen LogP contribution in [0.1, 0.15) is 27.0 Å². The van der Waals surface area contributed by atoms with Crippen molar-refractivity contribution in [2.75, 3.05) is 14.2 Å². The van der Waals surface area contributed by atoms with Crippen LogP contribution in [0.25, 0.3) is 0 Å². The number of carbonyl (C=O) groups excluding carboxylic acids is 3. The normalized spacial score (nSPS) is 10.2. The monoisotopic (exact) mass is 462 g/mol. The Morgan fingerprint density at radius 2 is 1.18 bits per heavy atom. The second kappa shape index (κ2) is 12.1. The SMILES string of the molecule is COC(=O)c1ccc(CN(C(=O)OCc2ccccc2)N(C)C(=O)OCc2ccccc2)cc1. The summed E-state index contributed by atoms with van der Waals surface area (Å²) in [5.41, 5.74) is 2.68. The molecule has 0 saturated carbocycles. The summed E-state index contributed by atoms with van der Waals surface area (Å²) in [5, 5.41) is 2.22. The van der Waals surface area contributed by atoms with Crippen LogP contribution in [0.15, 0.2) is 84.9 Å². The molecule has 0 radical (unpaired) electrons. The smallest absolute Gasteiger partial charge is 0.429 e. The van der Waals surface area contributed by atoms with E-state index in [9.17, 15) is 14.4 Å². The van der Waals surface area contributed by atoms with E-state index in [-0.39, 0.29) is 19.8 Å².